The lowest BCUT2D eigenvalue weighted by Crippen LogP contribution is -2.38. The number of imide groups is 1. The van der Waals surface area contributed by atoms with Crippen molar-refractivity contribution in [3.8, 4) is 11.5 Å². The average molecular weight is 598 g/mol. The summed E-state index contributed by atoms with van der Waals surface area (Å²) in [5.74, 6) is 0.421. The Bertz CT molecular complexity index is 1210. The molecule has 38 heavy (non-hydrogen) atoms. The smallest absolute Gasteiger partial charge is 0.261 e. The lowest BCUT2D eigenvalue weighted by Gasteiger charge is -2.22. The van der Waals surface area contributed by atoms with Gasteiger partial charge in [0.25, 0.3) is 11.8 Å². The van der Waals surface area contributed by atoms with E-state index in [9.17, 15) is 9.59 Å². The second-order valence-corrected chi connectivity index (χ2v) is 10.4. The molecule has 0 aromatic heterocycles. The maximum Gasteiger partial charge on any atom is 0.261 e. The quantitative estimate of drug-likeness (QED) is 0.257. The van der Waals surface area contributed by atoms with Crippen molar-refractivity contribution in [3.05, 3.63) is 91.9 Å². The van der Waals surface area contributed by atoms with Crippen LogP contribution in [0.3, 0.4) is 0 Å². The van der Waals surface area contributed by atoms with Crippen LogP contribution in [0.2, 0.25) is 20.1 Å². The zero-order chi connectivity index (χ0) is 27.8. The van der Waals surface area contributed by atoms with Gasteiger partial charge in [0, 0.05) is 18.5 Å². The minimum Gasteiger partial charge on any atom is -0.490 e. The van der Waals surface area contributed by atoms with E-state index < -0.39 is 0 Å². The fraction of sp³-hybridized carbons (Fsp3) is 0.286. The third-order valence-corrected chi connectivity index (χ3v) is 6.90. The molecule has 0 radical (unpaired) electrons. The Kier molecular flexibility index (Phi) is 11.1. The van der Waals surface area contributed by atoms with Gasteiger partial charge in [0.1, 0.15) is 0 Å². The maximum atomic E-state index is 12.4. The summed E-state index contributed by atoms with van der Waals surface area (Å²) in [7, 11) is 0. The van der Waals surface area contributed by atoms with E-state index in [1.54, 1.807) is 60.7 Å². The SMILES string of the molecule is C[C@@H](N)CCOc1c(Cl)cccc1Cl.C[C@H](CCOc1c(Cl)cccc1Cl)N1C(=O)c2ccccc2C1=O. The number of fused-ring (bicyclic) bond motifs is 1. The molecular weight excluding hydrogens is 570 g/mol. The molecule has 0 saturated carbocycles. The third-order valence-electron chi connectivity index (χ3n) is 5.71. The highest BCUT2D eigenvalue weighted by atomic mass is 35.5. The van der Waals surface area contributed by atoms with Crippen LogP contribution < -0.4 is 15.2 Å². The molecule has 0 saturated heterocycles. The number of carbonyl (C=O) groups excluding carboxylic acids is 2. The van der Waals surface area contributed by atoms with Crippen LogP contribution in [0.4, 0.5) is 0 Å². The number of rotatable bonds is 9. The lowest BCUT2D eigenvalue weighted by atomic mass is 10.1. The van der Waals surface area contributed by atoms with Crippen LogP contribution in [0.1, 0.15) is 47.4 Å². The molecule has 2 atom stereocenters. The number of nitrogens with zero attached hydrogens (tertiary/aromatic N) is 1. The van der Waals surface area contributed by atoms with Crippen molar-refractivity contribution in [1.29, 1.82) is 0 Å². The first-order chi connectivity index (χ1) is 18.1. The molecule has 0 spiro atoms. The van der Waals surface area contributed by atoms with E-state index in [2.05, 4.69) is 0 Å². The molecule has 2 N–H and O–H groups in total. The van der Waals surface area contributed by atoms with Crippen molar-refractivity contribution in [2.24, 2.45) is 5.73 Å². The number of ether oxygens (including phenoxy) is 2. The van der Waals surface area contributed by atoms with Gasteiger partial charge in [0.15, 0.2) is 11.5 Å². The molecule has 1 aliphatic rings. The van der Waals surface area contributed by atoms with Gasteiger partial charge in [0.05, 0.1) is 44.4 Å². The second-order valence-electron chi connectivity index (χ2n) is 8.73. The lowest BCUT2D eigenvalue weighted by molar-refractivity contribution is 0.0579. The molecule has 3 aromatic rings. The van der Waals surface area contributed by atoms with Crippen molar-refractivity contribution < 1.29 is 19.1 Å². The van der Waals surface area contributed by atoms with Gasteiger partial charge in [-0.15, -0.1) is 0 Å². The number of amides is 2. The summed E-state index contributed by atoms with van der Waals surface area (Å²) in [4.78, 5) is 26.1. The highest BCUT2D eigenvalue weighted by Crippen LogP contribution is 2.33. The summed E-state index contributed by atoms with van der Waals surface area (Å²) in [5.41, 5.74) is 6.48. The Labute approximate surface area is 242 Å². The molecule has 0 fully saturated rings. The van der Waals surface area contributed by atoms with Crippen LogP contribution in [0.5, 0.6) is 11.5 Å². The molecule has 0 unspecified atom stereocenters. The Morgan fingerprint density at radius 2 is 1.08 bits per heavy atom. The first-order valence-electron chi connectivity index (χ1n) is 12.0. The minimum absolute atomic E-state index is 0.122. The molecule has 6 nitrogen and oxygen atoms in total. The molecule has 2 amide bonds. The van der Waals surface area contributed by atoms with Crippen LogP contribution in [0, 0.1) is 0 Å². The molecule has 0 bridgehead atoms. The fourth-order valence-electron chi connectivity index (χ4n) is 3.66. The zero-order valence-corrected chi connectivity index (χ0v) is 23.9. The summed E-state index contributed by atoms with van der Waals surface area (Å²) in [6.07, 6.45) is 1.26. The number of benzene rings is 3. The standard InChI is InChI=1S/C18H15Cl2NO3.C10H13Cl2NO/c1-11(9-10-24-16-14(19)7-4-8-15(16)20)21-17(22)12-5-2-3-6-13(12)18(21)23;1-7(13)5-6-14-10-8(11)3-2-4-9(10)12/h2-8,11H,9-10H2,1H3;2-4,7H,5-6,13H2,1H3/t11-;7-/m11/s1. The largest absolute Gasteiger partial charge is 0.490 e. The van der Waals surface area contributed by atoms with E-state index in [1.165, 1.54) is 4.90 Å². The van der Waals surface area contributed by atoms with Gasteiger partial charge in [-0.25, -0.2) is 0 Å². The second kappa shape index (κ2) is 14.1. The van der Waals surface area contributed by atoms with Crippen LogP contribution in [-0.4, -0.2) is 42.0 Å². The van der Waals surface area contributed by atoms with E-state index in [0.29, 0.717) is 55.7 Å². The van der Waals surface area contributed by atoms with Crippen molar-refractivity contribution in [3.63, 3.8) is 0 Å². The fourth-order valence-corrected chi connectivity index (χ4v) is 4.67. The Morgan fingerprint density at radius 1 is 0.684 bits per heavy atom. The Balaban J connectivity index is 0.000000244. The summed E-state index contributed by atoms with van der Waals surface area (Å²) in [6, 6.07) is 17.1. The van der Waals surface area contributed by atoms with Crippen molar-refractivity contribution in [2.45, 2.75) is 38.8 Å². The van der Waals surface area contributed by atoms with Gasteiger partial charge in [-0.2, -0.15) is 0 Å². The molecule has 10 heteroatoms. The molecule has 1 heterocycles. The van der Waals surface area contributed by atoms with Crippen LogP contribution >= 0.6 is 46.4 Å². The Morgan fingerprint density at radius 3 is 1.47 bits per heavy atom. The summed E-state index contributed by atoms with van der Waals surface area (Å²) >= 11 is 23.9. The molecule has 0 aliphatic carbocycles. The van der Waals surface area contributed by atoms with E-state index in [1.807, 2.05) is 13.8 Å². The van der Waals surface area contributed by atoms with Gasteiger partial charge < -0.3 is 15.2 Å². The third kappa shape index (κ3) is 7.55. The number of carbonyl (C=O) groups is 2. The van der Waals surface area contributed by atoms with Gasteiger partial charge >= 0.3 is 0 Å². The Hall–Kier alpha value is -2.48. The van der Waals surface area contributed by atoms with Crippen molar-refractivity contribution in [1.82, 2.24) is 4.90 Å². The first kappa shape index (κ1) is 30.1. The predicted octanol–water partition coefficient (Wildman–Crippen LogP) is 7.56. The highest BCUT2D eigenvalue weighted by molar-refractivity contribution is 6.37. The van der Waals surface area contributed by atoms with Gasteiger partial charge in [-0.05, 0) is 56.7 Å². The van der Waals surface area contributed by atoms with Crippen LogP contribution in [0.25, 0.3) is 0 Å². The summed E-state index contributed by atoms with van der Waals surface area (Å²) < 4.78 is 11.1. The molecule has 1 aliphatic heterocycles. The monoisotopic (exact) mass is 596 g/mol. The number of hydrogen-bond acceptors (Lipinski definition) is 5. The first-order valence-corrected chi connectivity index (χ1v) is 13.5. The molecular formula is C28H28Cl4N2O4. The zero-order valence-electron chi connectivity index (χ0n) is 20.9. The number of halogens is 4. The average Bonchev–Trinajstić information content (AvgIpc) is 3.13. The van der Waals surface area contributed by atoms with Gasteiger partial charge in [0.2, 0.25) is 0 Å². The number of nitrogens with two attached hydrogens (primary N) is 1. The number of para-hydroxylation sites is 2. The minimum atomic E-state index is -0.293. The highest BCUT2D eigenvalue weighted by Gasteiger charge is 2.37. The van der Waals surface area contributed by atoms with E-state index >= 15 is 0 Å². The topological polar surface area (TPSA) is 81.9 Å². The summed E-state index contributed by atoms with van der Waals surface area (Å²) in [5, 5.41) is 1.91. The predicted molar refractivity (Wildman–Crippen MR) is 153 cm³/mol. The normalized spacial score (nSPS) is 13.9. The molecule has 4 rings (SSSR count). The van der Waals surface area contributed by atoms with E-state index in [-0.39, 0.29) is 30.5 Å². The van der Waals surface area contributed by atoms with Crippen LogP contribution in [0.15, 0.2) is 60.7 Å². The van der Waals surface area contributed by atoms with Crippen LogP contribution in [-0.2, 0) is 0 Å². The summed E-state index contributed by atoms with van der Waals surface area (Å²) in [6.45, 7) is 4.57. The molecule has 202 valence electrons. The van der Waals surface area contributed by atoms with Gasteiger partial charge in [-0.1, -0.05) is 70.7 Å². The van der Waals surface area contributed by atoms with Crippen molar-refractivity contribution in [2.75, 3.05) is 13.2 Å². The maximum absolute atomic E-state index is 12.4. The number of hydrogen-bond donors (Lipinski definition) is 1. The van der Waals surface area contributed by atoms with E-state index in [4.69, 9.17) is 61.6 Å². The molecule has 3 aromatic carbocycles. The van der Waals surface area contributed by atoms with Crippen molar-refractivity contribution >= 4 is 58.2 Å². The van der Waals surface area contributed by atoms with Gasteiger partial charge in [-0.3, -0.25) is 14.5 Å². The van der Waals surface area contributed by atoms with E-state index in [0.717, 1.165) is 6.42 Å².